The number of rotatable bonds is 3. The average Bonchev–Trinajstić information content (AvgIpc) is 2.38. The van der Waals surface area contributed by atoms with Gasteiger partial charge in [-0.15, -0.1) is 0 Å². The Balaban J connectivity index is 2.08. The summed E-state index contributed by atoms with van der Waals surface area (Å²) in [5.74, 6) is 1.18. The van der Waals surface area contributed by atoms with Gasteiger partial charge in [-0.1, -0.05) is 13.8 Å². The highest BCUT2D eigenvalue weighted by Crippen LogP contribution is 2.26. The molecule has 1 N–H and O–H groups in total. The predicted molar refractivity (Wildman–Crippen MR) is 73.5 cm³/mol. The van der Waals surface area contributed by atoms with Crippen molar-refractivity contribution in [1.29, 1.82) is 0 Å². The molecule has 19 heavy (non-hydrogen) atoms. The lowest BCUT2D eigenvalue weighted by molar-refractivity contribution is 0.0695. The lowest BCUT2D eigenvalue weighted by atomic mass is 9.87. The summed E-state index contributed by atoms with van der Waals surface area (Å²) in [5.41, 5.74) is 0.712. The first-order valence-corrected chi connectivity index (χ1v) is 6.81. The van der Waals surface area contributed by atoms with E-state index in [1.807, 2.05) is 0 Å². The molecule has 5 nitrogen and oxygen atoms in total. The van der Waals surface area contributed by atoms with E-state index in [1.165, 1.54) is 6.20 Å². The monoisotopic (exact) mass is 263 g/mol. The van der Waals surface area contributed by atoms with E-state index in [0.717, 1.165) is 37.8 Å². The number of piperidine rings is 1. The minimum absolute atomic E-state index is 0.181. The van der Waals surface area contributed by atoms with Crippen LogP contribution < -0.4 is 4.90 Å². The SMILES string of the molecule is Cc1nc(N2CCC(C(C)C)CC2)ncc1C(=O)O. The van der Waals surface area contributed by atoms with Gasteiger partial charge in [-0.05, 0) is 31.6 Å². The maximum atomic E-state index is 10.9. The smallest absolute Gasteiger partial charge is 0.339 e. The van der Waals surface area contributed by atoms with Crippen molar-refractivity contribution < 1.29 is 9.90 Å². The number of aryl methyl sites for hydroxylation is 1. The molecule has 1 aromatic heterocycles. The van der Waals surface area contributed by atoms with E-state index in [9.17, 15) is 4.79 Å². The van der Waals surface area contributed by atoms with Crippen molar-refractivity contribution in [2.24, 2.45) is 11.8 Å². The Hall–Kier alpha value is -1.65. The number of carbonyl (C=O) groups is 1. The van der Waals surface area contributed by atoms with Crippen LogP contribution in [0, 0.1) is 18.8 Å². The number of hydrogen-bond donors (Lipinski definition) is 1. The first kappa shape index (κ1) is 13.8. The summed E-state index contributed by atoms with van der Waals surface area (Å²) in [5, 5.41) is 8.97. The highest BCUT2D eigenvalue weighted by Gasteiger charge is 2.23. The highest BCUT2D eigenvalue weighted by molar-refractivity contribution is 5.88. The molecule has 2 heterocycles. The predicted octanol–water partition coefficient (Wildman–Crippen LogP) is 2.36. The zero-order valence-electron chi connectivity index (χ0n) is 11.8. The molecule has 0 aliphatic carbocycles. The van der Waals surface area contributed by atoms with Gasteiger partial charge in [0.15, 0.2) is 0 Å². The summed E-state index contributed by atoms with van der Waals surface area (Å²) < 4.78 is 0. The van der Waals surface area contributed by atoms with Crippen LogP contribution in [0.2, 0.25) is 0 Å². The molecule has 0 radical (unpaired) electrons. The van der Waals surface area contributed by atoms with E-state index in [-0.39, 0.29) is 5.56 Å². The van der Waals surface area contributed by atoms with Crippen molar-refractivity contribution in [1.82, 2.24) is 9.97 Å². The number of anilines is 1. The van der Waals surface area contributed by atoms with Gasteiger partial charge in [0.2, 0.25) is 5.95 Å². The van der Waals surface area contributed by atoms with Gasteiger partial charge < -0.3 is 10.0 Å². The molecule has 0 amide bonds. The quantitative estimate of drug-likeness (QED) is 0.906. The Morgan fingerprint density at radius 3 is 2.53 bits per heavy atom. The molecule has 1 aliphatic heterocycles. The zero-order chi connectivity index (χ0) is 14.0. The molecule has 0 aromatic carbocycles. The van der Waals surface area contributed by atoms with Crippen molar-refractivity contribution in [2.45, 2.75) is 33.6 Å². The van der Waals surface area contributed by atoms with E-state index in [0.29, 0.717) is 11.6 Å². The van der Waals surface area contributed by atoms with Gasteiger partial charge >= 0.3 is 5.97 Å². The number of nitrogens with zero attached hydrogens (tertiary/aromatic N) is 3. The molecule has 0 unspecified atom stereocenters. The van der Waals surface area contributed by atoms with Crippen molar-refractivity contribution in [3.8, 4) is 0 Å². The Kier molecular flexibility index (Phi) is 4.02. The Labute approximate surface area is 113 Å². The van der Waals surface area contributed by atoms with Gasteiger partial charge in [-0.3, -0.25) is 0 Å². The topological polar surface area (TPSA) is 66.3 Å². The third-order valence-electron chi connectivity index (χ3n) is 3.96. The van der Waals surface area contributed by atoms with Gasteiger partial charge in [-0.2, -0.15) is 0 Å². The van der Waals surface area contributed by atoms with Crippen LogP contribution in [0.5, 0.6) is 0 Å². The summed E-state index contributed by atoms with van der Waals surface area (Å²) in [6.45, 7) is 8.16. The van der Waals surface area contributed by atoms with Crippen LogP contribution in [-0.4, -0.2) is 34.1 Å². The fourth-order valence-electron chi connectivity index (χ4n) is 2.58. The molecule has 1 fully saturated rings. The second-order valence-electron chi connectivity index (χ2n) is 5.54. The summed E-state index contributed by atoms with van der Waals surface area (Å²) >= 11 is 0. The number of hydrogen-bond acceptors (Lipinski definition) is 4. The molecule has 1 aromatic rings. The van der Waals surface area contributed by atoms with E-state index in [2.05, 4.69) is 28.7 Å². The van der Waals surface area contributed by atoms with Crippen LogP contribution in [0.25, 0.3) is 0 Å². The Morgan fingerprint density at radius 1 is 1.42 bits per heavy atom. The number of aromatic carboxylic acids is 1. The first-order chi connectivity index (χ1) is 8.99. The lowest BCUT2D eigenvalue weighted by Crippen LogP contribution is -2.36. The minimum Gasteiger partial charge on any atom is -0.478 e. The maximum Gasteiger partial charge on any atom is 0.339 e. The van der Waals surface area contributed by atoms with E-state index < -0.39 is 5.97 Å². The molecule has 0 spiro atoms. The number of aromatic nitrogens is 2. The molecule has 0 saturated carbocycles. The second-order valence-corrected chi connectivity index (χ2v) is 5.54. The fraction of sp³-hybridized carbons (Fsp3) is 0.643. The molecule has 5 heteroatoms. The normalized spacial score (nSPS) is 16.9. The van der Waals surface area contributed by atoms with Gasteiger partial charge in [0.1, 0.15) is 0 Å². The van der Waals surface area contributed by atoms with Gasteiger partial charge in [0, 0.05) is 19.3 Å². The summed E-state index contributed by atoms with van der Waals surface area (Å²) in [6.07, 6.45) is 3.72. The fourth-order valence-corrected chi connectivity index (χ4v) is 2.58. The van der Waals surface area contributed by atoms with Crippen molar-refractivity contribution in [2.75, 3.05) is 18.0 Å². The molecule has 2 rings (SSSR count). The van der Waals surface area contributed by atoms with E-state index >= 15 is 0 Å². The molecule has 1 aliphatic rings. The molecule has 1 saturated heterocycles. The van der Waals surface area contributed by atoms with Crippen LogP contribution in [0.4, 0.5) is 5.95 Å². The first-order valence-electron chi connectivity index (χ1n) is 6.81. The van der Waals surface area contributed by atoms with E-state index in [1.54, 1.807) is 6.92 Å². The van der Waals surface area contributed by atoms with E-state index in [4.69, 9.17) is 5.11 Å². The van der Waals surface area contributed by atoms with Gasteiger partial charge in [-0.25, -0.2) is 14.8 Å². The third kappa shape index (κ3) is 3.03. The number of carboxylic acids is 1. The standard InChI is InChI=1S/C14H21N3O2/c1-9(2)11-4-6-17(7-5-11)14-15-8-12(13(18)19)10(3)16-14/h8-9,11H,4-7H2,1-3H3,(H,18,19). The second kappa shape index (κ2) is 5.55. The average molecular weight is 263 g/mol. The molecule has 104 valence electrons. The maximum absolute atomic E-state index is 10.9. The van der Waals surface area contributed by atoms with Crippen LogP contribution in [0.15, 0.2) is 6.20 Å². The molecule has 0 atom stereocenters. The van der Waals surface area contributed by atoms with Crippen molar-refractivity contribution in [3.63, 3.8) is 0 Å². The Bertz CT molecular complexity index is 466. The van der Waals surface area contributed by atoms with Gasteiger partial charge in [0.25, 0.3) is 0 Å². The minimum atomic E-state index is -0.970. The third-order valence-corrected chi connectivity index (χ3v) is 3.96. The molecule has 0 bridgehead atoms. The largest absolute Gasteiger partial charge is 0.478 e. The highest BCUT2D eigenvalue weighted by atomic mass is 16.4. The van der Waals surface area contributed by atoms with Gasteiger partial charge in [0.05, 0.1) is 11.3 Å². The number of carboxylic acid groups (broad SMARTS) is 1. The summed E-state index contributed by atoms with van der Waals surface area (Å²) in [6, 6.07) is 0. The zero-order valence-corrected chi connectivity index (χ0v) is 11.8. The summed E-state index contributed by atoms with van der Waals surface area (Å²) in [4.78, 5) is 21.6. The molecular weight excluding hydrogens is 242 g/mol. The lowest BCUT2D eigenvalue weighted by Gasteiger charge is -2.33. The van der Waals surface area contributed by atoms with Crippen LogP contribution in [0.3, 0.4) is 0 Å². The van der Waals surface area contributed by atoms with Crippen LogP contribution in [-0.2, 0) is 0 Å². The Morgan fingerprint density at radius 2 is 2.05 bits per heavy atom. The van der Waals surface area contributed by atoms with Crippen LogP contribution >= 0.6 is 0 Å². The van der Waals surface area contributed by atoms with Crippen molar-refractivity contribution in [3.05, 3.63) is 17.5 Å². The molecular formula is C14H21N3O2. The summed E-state index contributed by atoms with van der Waals surface area (Å²) in [7, 11) is 0. The van der Waals surface area contributed by atoms with Crippen LogP contribution in [0.1, 0.15) is 42.7 Å². The van der Waals surface area contributed by atoms with Crippen molar-refractivity contribution >= 4 is 11.9 Å².